The molecule has 1 aromatic rings. The quantitative estimate of drug-likeness (QED) is 0.599. The first-order chi connectivity index (χ1) is 9.12. The number of aliphatic hydroxyl groups is 2. The Labute approximate surface area is 114 Å². The fourth-order valence-corrected chi connectivity index (χ4v) is 1.87. The Kier molecular flexibility index (Phi) is 6.62. The van der Waals surface area contributed by atoms with E-state index < -0.39 is 6.10 Å². The molecule has 0 saturated carbocycles. The van der Waals surface area contributed by atoms with Crippen molar-refractivity contribution in [2.45, 2.75) is 19.4 Å². The number of methoxy groups -OCH3 is 2. The van der Waals surface area contributed by atoms with Gasteiger partial charge >= 0.3 is 0 Å². The molecular formula is C14H23NO4. The molecule has 1 unspecified atom stereocenters. The predicted molar refractivity (Wildman–Crippen MR) is 73.9 cm³/mol. The van der Waals surface area contributed by atoms with Gasteiger partial charge in [0.25, 0.3) is 0 Å². The zero-order valence-electron chi connectivity index (χ0n) is 11.8. The van der Waals surface area contributed by atoms with Crippen molar-refractivity contribution in [1.29, 1.82) is 0 Å². The molecule has 0 fully saturated rings. The standard InChI is InChI=1S/C14H23NO4/c1-10-6-14(19-3)11(7-13(10)18-2)4-5-15-8-12(17)9-16/h6-7,12,15-17H,4-5,8-9H2,1-3H3. The fraction of sp³-hybridized carbons (Fsp3) is 0.571. The number of hydrogen-bond donors (Lipinski definition) is 3. The number of aliphatic hydroxyl groups excluding tert-OH is 2. The van der Waals surface area contributed by atoms with Gasteiger partial charge in [-0.25, -0.2) is 0 Å². The first-order valence-corrected chi connectivity index (χ1v) is 6.33. The average Bonchev–Trinajstić information content (AvgIpc) is 2.43. The lowest BCUT2D eigenvalue weighted by molar-refractivity contribution is 0.0947. The maximum absolute atomic E-state index is 9.22. The van der Waals surface area contributed by atoms with Crippen molar-refractivity contribution < 1.29 is 19.7 Å². The molecule has 0 radical (unpaired) electrons. The molecule has 0 aliphatic rings. The molecule has 3 N–H and O–H groups in total. The summed E-state index contributed by atoms with van der Waals surface area (Å²) in [5.74, 6) is 1.67. The molecule has 19 heavy (non-hydrogen) atoms. The van der Waals surface area contributed by atoms with E-state index in [1.807, 2.05) is 19.1 Å². The van der Waals surface area contributed by atoms with E-state index in [4.69, 9.17) is 14.6 Å². The number of rotatable bonds is 8. The van der Waals surface area contributed by atoms with E-state index in [1.54, 1.807) is 14.2 Å². The van der Waals surface area contributed by atoms with Gasteiger partial charge in [0.1, 0.15) is 11.5 Å². The highest BCUT2D eigenvalue weighted by Crippen LogP contribution is 2.28. The van der Waals surface area contributed by atoms with Gasteiger partial charge < -0.3 is 25.0 Å². The Bertz CT molecular complexity index is 395. The van der Waals surface area contributed by atoms with Crippen molar-refractivity contribution in [2.75, 3.05) is 33.9 Å². The summed E-state index contributed by atoms with van der Waals surface area (Å²) in [7, 11) is 3.29. The van der Waals surface area contributed by atoms with Crippen molar-refractivity contribution in [2.24, 2.45) is 0 Å². The van der Waals surface area contributed by atoms with Crippen molar-refractivity contribution in [3.05, 3.63) is 23.3 Å². The van der Waals surface area contributed by atoms with Crippen LogP contribution in [0.5, 0.6) is 11.5 Å². The lowest BCUT2D eigenvalue weighted by Crippen LogP contribution is -2.30. The van der Waals surface area contributed by atoms with E-state index in [0.717, 1.165) is 29.0 Å². The molecule has 0 bridgehead atoms. The van der Waals surface area contributed by atoms with Crippen LogP contribution in [0.3, 0.4) is 0 Å². The third-order valence-electron chi connectivity index (χ3n) is 2.96. The van der Waals surface area contributed by atoms with Gasteiger partial charge in [-0.05, 0) is 43.1 Å². The van der Waals surface area contributed by atoms with Crippen LogP contribution in [0, 0.1) is 6.92 Å². The topological polar surface area (TPSA) is 71.0 Å². The van der Waals surface area contributed by atoms with E-state index >= 15 is 0 Å². The summed E-state index contributed by atoms with van der Waals surface area (Å²) >= 11 is 0. The monoisotopic (exact) mass is 269 g/mol. The summed E-state index contributed by atoms with van der Waals surface area (Å²) in [5.41, 5.74) is 2.09. The molecule has 5 nitrogen and oxygen atoms in total. The first-order valence-electron chi connectivity index (χ1n) is 6.33. The van der Waals surface area contributed by atoms with E-state index in [-0.39, 0.29) is 6.61 Å². The number of ether oxygens (including phenoxy) is 2. The van der Waals surface area contributed by atoms with Gasteiger partial charge in [-0.1, -0.05) is 0 Å². The Morgan fingerprint density at radius 3 is 2.47 bits per heavy atom. The van der Waals surface area contributed by atoms with E-state index in [2.05, 4.69) is 5.32 Å². The van der Waals surface area contributed by atoms with Crippen LogP contribution in [0.1, 0.15) is 11.1 Å². The van der Waals surface area contributed by atoms with Crippen molar-refractivity contribution in [1.82, 2.24) is 5.32 Å². The summed E-state index contributed by atoms with van der Waals surface area (Å²) in [6.45, 7) is 2.82. The van der Waals surface area contributed by atoms with Crippen LogP contribution >= 0.6 is 0 Å². The minimum absolute atomic E-state index is 0.228. The predicted octanol–water partition coefficient (Wildman–Crippen LogP) is 0.498. The Morgan fingerprint density at radius 1 is 1.21 bits per heavy atom. The average molecular weight is 269 g/mol. The molecule has 1 atom stereocenters. The first kappa shape index (κ1) is 15.8. The highest BCUT2D eigenvalue weighted by Gasteiger charge is 2.08. The Hall–Kier alpha value is -1.30. The van der Waals surface area contributed by atoms with E-state index in [0.29, 0.717) is 13.1 Å². The van der Waals surface area contributed by atoms with Gasteiger partial charge in [0.15, 0.2) is 0 Å². The molecule has 0 aromatic heterocycles. The van der Waals surface area contributed by atoms with Crippen LogP contribution < -0.4 is 14.8 Å². The maximum atomic E-state index is 9.22. The minimum Gasteiger partial charge on any atom is -0.496 e. The highest BCUT2D eigenvalue weighted by atomic mass is 16.5. The lowest BCUT2D eigenvalue weighted by atomic mass is 10.1. The van der Waals surface area contributed by atoms with Gasteiger partial charge in [-0.15, -0.1) is 0 Å². The van der Waals surface area contributed by atoms with Crippen molar-refractivity contribution in [3.63, 3.8) is 0 Å². The smallest absolute Gasteiger partial charge is 0.122 e. The molecule has 0 aliphatic heterocycles. The number of nitrogens with one attached hydrogen (secondary N) is 1. The second-order valence-electron chi connectivity index (χ2n) is 4.42. The van der Waals surface area contributed by atoms with Crippen LogP contribution in [0.4, 0.5) is 0 Å². The van der Waals surface area contributed by atoms with Gasteiger partial charge in [0, 0.05) is 6.54 Å². The molecule has 0 spiro atoms. The lowest BCUT2D eigenvalue weighted by Gasteiger charge is -2.14. The molecule has 0 heterocycles. The second-order valence-corrected chi connectivity index (χ2v) is 4.42. The summed E-state index contributed by atoms with van der Waals surface area (Å²) in [6, 6.07) is 3.93. The highest BCUT2D eigenvalue weighted by molar-refractivity contribution is 5.46. The van der Waals surface area contributed by atoms with Crippen molar-refractivity contribution in [3.8, 4) is 11.5 Å². The van der Waals surface area contributed by atoms with Crippen molar-refractivity contribution >= 4 is 0 Å². The summed E-state index contributed by atoms with van der Waals surface area (Å²) in [6.07, 6.45) is 0.0484. The zero-order valence-corrected chi connectivity index (χ0v) is 11.8. The molecule has 0 saturated heterocycles. The Morgan fingerprint density at radius 2 is 1.89 bits per heavy atom. The molecule has 1 aromatic carbocycles. The normalized spacial score (nSPS) is 12.3. The zero-order chi connectivity index (χ0) is 14.3. The van der Waals surface area contributed by atoms with Crippen LogP contribution in [-0.4, -0.2) is 50.2 Å². The van der Waals surface area contributed by atoms with Gasteiger partial charge in [-0.3, -0.25) is 0 Å². The molecule has 0 amide bonds. The van der Waals surface area contributed by atoms with Crippen LogP contribution in [0.15, 0.2) is 12.1 Å². The molecule has 1 rings (SSSR count). The molecule has 5 heteroatoms. The van der Waals surface area contributed by atoms with Crippen LogP contribution in [0.2, 0.25) is 0 Å². The van der Waals surface area contributed by atoms with E-state index in [1.165, 1.54) is 0 Å². The van der Waals surface area contributed by atoms with Gasteiger partial charge in [0.2, 0.25) is 0 Å². The summed E-state index contributed by atoms with van der Waals surface area (Å²) in [5, 5.41) is 21.0. The third kappa shape index (κ3) is 4.70. The largest absolute Gasteiger partial charge is 0.496 e. The fourth-order valence-electron chi connectivity index (χ4n) is 1.87. The molecular weight excluding hydrogens is 246 g/mol. The number of hydrogen-bond acceptors (Lipinski definition) is 5. The SMILES string of the molecule is COc1cc(CCNCC(O)CO)c(OC)cc1C. The van der Waals surface area contributed by atoms with Gasteiger partial charge in [0.05, 0.1) is 26.9 Å². The molecule has 0 aliphatic carbocycles. The summed E-state index contributed by atoms with van der Waals surface area (Å²) < 4.78 is 10.7. The Balaban J connectivity index is 2.61. The van der Waals surface area contributed by atoms with Gasteiger partial charge in [-0.2, -0.15) is 0 Å². The number of benzene rings is 1. The third-order valence-corrected chi connectivity index (χ3v) is 2.96. The minimum atomic E-state index is -0.713. The maximum Gasteiger partial charge on any atom is 0.122 e. The molecule has 108 valence electrons. The van der Waals surface area contributed by atoms with E-state index in [9.17, 15) is 5.11 Å². The second kappa shape index (κ2) is 7.99. The summed E-state index contributed by atoms with van der Waals surface area (Å²) in [4.78, 5) is 0. The van der Waals surface area contributed by atoms with Crippen LogP contribution in [0.25, 0.3) is 0 Å². The van der Waals surface area contributed by atoms with Crippen LogP contribution in [-0.2, 0) is 6.42 Å². The number of aryl methyl sites for hydroxylation is 1.